The Hall–Kier alpha value is -4.87. The van der Waals surface area contributed by atoms with E-state index in [0.29, 0.717) is 40.4 Å². The van der Waals surface area contributed by atoms with Gasteiger partial charge in [-0.05, 0) is 30.3 Å². The zero-order valence-electron chi connectivity index (χ0n) is 19.2. The minimum absolute atomic E-state index is 0.0214. The average Bonchev–Trinajstić information content (AvgIpc) is 3.35. The molecule has 3 aromatic rings. The van der Waals surface area contributed by atoms with Crippen LogP contribution < -0.4 is 27.0 Å². The lowest BCUT2D eigenvalue weighted by molar-refractivity contribution is -0.105. The van der Waals surface area contributed by atoms with Gasteiger partial charge in [-0.25, -0.2) is 0 Å². The molecule has 182 valence electrons. The van der Waals surface area contributed by atoms with Crippen molar-refractivity contribution < 1.29 is 19.2 Å². The van der Waals surface area contributed by atoms with Crippen LogP contribution in [0.25, 0.3) is 0 Å². The van der Waals surface area contributed by atoms with Crippen LogP contribution in [-0.4, -0.2) is 45.6 Å². The zero-order valence-corrected chi connectivity index (χ0v) is 19.2. The van der Waals surface area contributed by atoms with Gasteiger partial charge in [-0.1, -0.05) is 6.07 Å². The predicted molar refractivity (Wildman–Crippen MR) is 132 cm³/mol. The third kappa shape index (κ3) is 6.35. The van der Waals surface area contributed by atoms with Crippen LogP contribution >= 0.6 is 0 Å². The minimum atomic E-state index is -0.424. The predicted octanol–water partition coefficient (Wildman–Crippen LogP) is 1.49. The maximum Gasteiger partial charge on any atom is 0.272 e. The van der Waals surface area contributed by atoms with Gasteiger partial charge in [0.1, 0.15) is 11.4 Å². The molecule has 7 N–H and O–H groups in total. The third-order valence-electron chi connectivity index (χ3n) is 5.02. The molecule has 0 saturated carbocycles. The molecule has 0 fully saturated rings. The molecule has 0 radical (unpaired) electrons. The van der Waals surface area contributed by atoms with E-state index < -0.39 is 11.8 Å². The molecule has 12 heteroatoms. The maximum atomic E-state index is 12.8. The second-order valence-electron chi connectivity index (χ2n) is 7.73. The summed E-state index contributed by atoms with van der Waals surface area (Å²) in [4.78, 5) is 48.3. The summed E-state index contributed by atoms with van der Waals surface area (Å²) >= 11 is 0. The smallest absolute Gasteiger partial charge is 0.272 e. The van der Waals surface area contributed by atoms with Crippen molar-refractivity contribution in [2.45, 2.75) is 6.42 Å². The normalized spacial score (nSPS) is 10.3. The van der Waals surface area contributed by atoms with Crippen LogP contribution in [0.1, 0.15) is 37.8 Å². The van der Waals surface area contributed by atoms with E-state index >= 15 is 0 Å². The number of nitrogens with one attached hydrogen (secondary N) is 5. The molecule has 0 aliphatic carbocycles. The molecule has 2 heterocycles. The molecule has 12 nitrogen and oxygen atoms in total. The van der Waals surface area contributed by atoms with Gasteiger partial charge in [0.25, 0.3) is 17.7 Å². The highest BCUT2D eigenvalue weighted by atomic mass is 16.2. The highest BCUT2D eigenvalue weighted by Gasteiger charge is 2.16. The van der Waals surface area contributed by atoms with Crippen LogP contribution in [0.4, 0.5) is 17.1 Å². The molecule has 35 heavy (non-hydrogen) atoms. The van der Waals surface area contributed by atoms with Crippen LogP contribution in [0.2, 0.25) is 0 Å². The molecule has 4 amide bonds. The first-order chi connectivity index (χ1) is 16.7. The minimum Gasteiger partial charge on any atom is -0.388 e. The van der Waals surface area contributed by atoms with E-state index in [1.54, 1.807) is 53.8 Å². The fourth-order valence-electron chi connectivity index (χ4n) is 3.33. The Bertz CT molecular complexity index is 1290. The number of nitrogens with two attached hydrogens (primary N) is 1. The second-order valence-corrected chi connectivity index (χ2v) is 7.73. The average molecular weight is 479 g/mol. The Balaban J connectivity index is 1.66. The molecule has 0 spiro atoms. The second kappa shape index (κ2) is 10.8. The fraction of sp³-hybridized carbons (Fsp3) is 0.174. The number of benzene rings is 1. The van der Waals surface area contributed by atoms with Gasteiger partial charge in [0.15, 0.2) is 0 Å². The summed E-state index contributed by atoms with van der Waals surface area (Å²) < 4.78 is 3.14. The number of anilines is 3. The summed E-state index contributed by atoms with van der Waals surface area (Å²) in [5.41, 5.74) is 7.55. The molecule has 2 aromatic heterocycles. The number of nitrogens with zero attached hydrogens (tertiary/aromatic N) is 2. The molecule has 0 bridgehead atoms. The monoisotopic (exact) mass is 478 g/mol. The van der Waals surface area contributed by atoms with Gasteiger partial charge < -0.3 is 36.1 Å². The topological polar surface area (TPSA) is 176 Å². The van der Waals surface area contributed by atoms with E-state index in [4.69, 9.17) is 11.1 Å². The zero-order chi connectivity index (χ0) is 25.5. The van der Waals surface area contributed by atoms with Crippen LogP contribution in [0.5, 0.6) is 0 Å². The van der Waals surface area contributed by atoms with E-state index in [2.05, 4.69) is 21.3 Å². The highest BCUT2D eigenvalue weighted by Crippen LogP contribution is 2.18. The number of carbonyl (C=O) groups is 4. The van der Waals surface area contributed by atoms with Crippen LogP contribution in [-0.2, 0) is 18.9 Å². The molecule has 0 unspecified atom stereocenters. The van der Waals surface area contributed by atoms with Crippen molar-refractivity contribution in [3.05, 3.63) is 65.7 Å². The van der Waals surface area contributed by atoms with Crippen molar-refractivity contribution in [3.8, 4) is 0 Å². The van der Waals surface area contributed by atoms with E-state index in [-0.39, 0.29) is 24.7 Å². The Morgan fingerprint density at radius 1 is 0.914 bits per heavy atom. The lowest BCUT2D eigenvalue weighted by Crippen LogP contribution is -2.28. The number of aromatic nitrogens is 2. The van der Waals surface area contributed by atoms with Gasteiger partial charge in [0.05, 0.1) is 17.2 Å². The van der Waals surface area contributed by atoms with Gasteiger partial charge in [0, 0.05) is 50.7 Å². The van der Waals surface area contributed by atoms with Crippen molar-refractivity contribution in [1.82, 2.24) is 14.5 Å². The Morgan fingerprint density at radius 3 is 2.23 bits per heavy atom. The summed E-state index contributed by atoms with van der Waals surface area (Å²) in [5.74, 6) is -1.21. The van der Waals surface area contributed by atoms with Gasteiger partial charge >= 0.3 is 0 Å². The van der Waals surface area contributed by atoms with Crippen LogP contribution in [0, 0.1) is 5.41 Å². The number of carbonyl (C=O) groups excluding carboxylic acids is 4. The number of hydrogen-bond acceptors (Lipinski definition) is 5. The van der Waals surface area contributed by atoms with Crippen molar-refractivity contribution in [2.24, 2.45) is 19.8 Å². The van der Waals surface area contributed by atoms with E-state index in [0.717, 1.165) is 0 Å². The summed E-state index contributed by atoms with van der Waals surface area (Å²) in [5, 5.41) is 17.8. The first-order valence-electron chi connectivity index (χ1n) is 10.5. The summed E-state index contributed by atoms with van der Waals surface area (Å²) in [7, 11) is 3.35. The van der Waals surface area contributed by atoms with Crippen LogP contribution in [0.3, 0.4) is 0 Å². The van der Waals surface area contributed by atoms with E-state index in [9.17, 15) is 19.2 Å². The third-order valence-corrected chi connectivity index (χ3v) is 5.02. The van der Waals surface area contributed by atoms with Crippen molar-refractivity contribution >= 4 is 47.0 Å². The lowest BCUT2D eigenvalue weighted by Gasteiger charge is -2.08. The first-order valence-corrected chi connectivity index (χ1v) is 10.5. The van der Waals surface area contributed by atoms with E-state index in [1.807, 2.05) is 0 Å². The Morgan fingerprint density at radius 2 is 1.54 bits per heavy atom. The quantitative estimate of drug-likeness (QED) is 0.147. The number of hydrogen-bond donors (Lipinski definition) is 6. The van der Waals surface area contributed by atoms with Gasteiger partial charge in [0.2, 0.25) is 6.41 Å². The lowest BCUT2D eigenvalue weighted by atomic mass is 10.2. The summed E-state index contributed by atoms with van der Waals surface area (Å²) in [6.45, 7) is 0.233. The van der Waals surface area contributed by atoms with E-state index in [1.165, 1.54) is 18.2 Å². The van der Waals surface area contributed by atoms with Crippen molar-refractivity contribution in [2.75, 3.05) is 22.5 Å². The summed E-state index contributed by atoms with van der Waals surface area (Å²) in [6.07, 6.45) is 3.97. The standard InChI is InChI=1S/C23H26N8O4/c1-30-11-16(27-13-32)9-19(30)23(35)28-15-5-3-4-14(8-15)21(33)29-17-10-18(31(2)12-17)22(34)26-7-6-20(24)25/h3-5,8-13H,6-7H2,1-2H3,(H3,24,25)(H,26,34)(H,27,32)(H,28,35)(H,29,33). The van der Waals surface area contributed by atoms with Crippen LogP contribution in [0.15, 0.2) is 48.8 Å². The first kappa shape index (κ1) is 24.8. The van der Waals surface area contributed by atoms with Crippen molar-refractivity contribution in [1.29, 1.82) is 5.41 Å². The fourth-order valence-corrected chi connectivity index (χ4v) is 3.33. The molecule has 0 atom stereocenters. The van der Waals surface area contributed by atoms with Gasteiger partial charge in [-0.15, -0.1) is 0 Å². The number of amidine groups is 1. The number of rotatable bonds is 10. The Labute approximate surface area is 201 Å². The number of aryl methyl sites for hydroxylation is 2. The SMILES string of the molecule is Cn1cc(NC(=O)c2cccc(NC(=O)c3cc(NC=O)cn3C)c2)cc1C(=O)NCCC(=N)N. The molecule has 0 saturated heterocycles. The van der Waals surface area contributed by atoms with Gasteiger partial charge in [-0.2, -0.15) is 0 Å². The molecular formula is C23H26N8O4. The molecule has 3 rings (SSSR count). The summed E-state index contributed by atoms with van der Waals surface area (Å²) in [6, 6.07) is 9.47. The Kier molecular flexibility index (Phi) is 7.66. The molecule has 1 aromatic carbocycles. The largest absolute Gasteiger partial charge is 0.388 e. The molecule has 0 aliphatic rings. The molecule has 0 aliphatic heterocycles. The van der Waals surface area contributed by atoms with Gasteiger partial charge in [-0.3, -0.25) is 24.6 Å². The van der Waals surface area contributed by atoms with Crippen molar-refractivity contribution in [3.63, 3.8) is 0 Å². The maximum absolute atomic E-state index is 12.8. The highest BCUT2D eigenvalue weighted by molar-refractivity contribution is 6.07. The molecular weight excluding hydrogens is 452 g/mol. The number of amides is 4.